The number of hydrogen-bond donors (Lipinski definition) is 3. The topological polar surface area (TPSA) is 61.4 Å². The third-order valence-electron chi connectivity index (χ3n) is 2.19. The monoisotopic (exact) mass is 312 g/mol. The first-order valence-corrected chi connectivity index (χ1v) is 6.34. The predicted molar refractivity (Wildman–Crippen MR) is 76.0 cm³/mol. The van der Waals surface area contributed by atoms with Crippen LogP contribution in [0.1, 0.15) is 19.4 Å². The molecule has 4 nitrogen and oxygen atoms in total. The maximum absolute atomic E-state index is 11.5. The fraction of sp³-hybridized carbons (Fsp3) is 0.308. The van der Waals surface area contributed by atoms with Crippen LogP contribution in [-0.4, -0.2) is 23.3 Å². The summed E-state index contributed by atoms with van der Waals surface area (Å²) in [6.07, 6.45) is 3.35. The van der Waals surface area contributed by atoms with Crippen LogP contribution in [0.2, 0.25) is 0 Å². The molecule has 0 aliphatic rings. The van der Waals surface area contributed by atoms with E-state index in [2.05, 4.69) is 26.6 Å². The van der Waals surface area contributed by atoms with Crippen molar-refractivity contribution in [2.24, 2.45) is 0 Å². The van der Waals surface area contributed by atoms with Gasteiger partial charge in [-0.25, -0.2) is 4.79 Å². The van der Waals surface area contributed by atoms with Gasteiger partial charge in [-0.2, -0.15) is 0 Å². The number of hydrogen-bond acceptors (Lipinski definition) is 2. The van der Waals surface area contributed by atoms with Gasteiger partial charge in [0, 0.05) is 10.7 Å². The summed E-state index contributed by atoms with van der Waals surface area (Å²) in [6.45, 7) is 3.37. The van der Waals surface area contributed by atoms with E-state index in [9.17, 15) is 4.79 Å². The molecular formula is C13H17BrN2O2. The predicted octanol–water partition coefficient (Wildman–Crippen LogP) is 2.49. The van der Waals surface area contributed by atoms with Gasteiger partial charge >= 0.3 is 6.03 Å². The van der Waals surface area contributed by atoms with Gasteiger partial charge < -0.3 is 15.7 Å². The van der Waals surface area contributed by atoms with Crippen LogP contribution in [-0.2, 0) is 0 Å². The highest BCUT2D eigenvalue weighted by Crippen LogP contribution is 2.12. The summed E-state index contributed by atoms with van der Waals surface area (Å²) in [5.41, 5.74) is 0.347. The van der Waals surface area contributed by atoms with Crippen molar-refractivity contribution >= 4 is 28.0 Å². The van der Waals surface area contributed by atoms with Crippen molar-refractivity contribution in [2.75, 3.05) is 6.61 Å². The van der Waals surface area contributed by atoms with E-state index in [1.807, 2.05) is 24.3 Å². The van der Waals surface area contributed by atoms with Gasteiger partial charge in [0.1, 0.15) is 0 Å². The Morgan fingerprint density at radius 1 is 1.50 bits per heavy atom. The molecule has 1 rings (SSSR count). The highest BCUT2D eigenvalue weighted by atomic mass is 79.9. The Kier molecular flexibility index (Phi) is 5.37. The Hall–Kier alpha value is -1.33. The van der Waals surface area contributed by atoms with Crippen molar-refractivity contribution in [1.29, 1.82) is 0 Å². The van der Waals surface area contributed by atoms with E-state index in [-0.39, 0.29) is 12.6 Å². The van der Waals surface area contributed by atoms with Crippen LogP contribution in [0.3, 0.4) is 0 Å². The standard InChI is InChI=1S/C13H17BrN2O2/c1-13(2,9-17)16-12(18)15-7-6-10-4-3-5-11(14)8-10/h3-8,17H,9H2,1-2H3,(H2,15,16,18)/b7-6+. The molecule has 0 bridgehead atoms. The van der Waals surface area contributed by atoms with Gasteiger partial charge in [0.25, 0.3) is 0 Å². The fourth-order valence-corrected chi connectivity index (χ4v) is 1.62. The van der Waals surface area contributed by atoms with E-state index in [1.54, 1.807) is 26.1 Å². The largest absolute Gasteiger partial charge is 0.394 e. The first kappa shape index (κ1) is 14.7. The molecule has 1 aromatic rings. The maximum Gasteiger partial charge on any atom is 0.319 e. The normalized spacial score (nSPS) is 11.6. The van der Waals surface area contributed by atoms with Crippen molar-refractivity contribution in [3.05, 3.63) is 40.5 Å². The molecule has 0 radical (unpaired) electrons. The Labute approximate surface area is 115 Å². The zero-order valence-electron chi connectivity index (χ0n) is 10.4. The summed E-state index contributed by atoms with van der Waals surface area (Å²) < 4.78 is 0.982. The molecule has 5 heteroatoms. The number of aliphatic hydroxyl groups is 1. The number of carbonyl (C=O) groups is 1. The molecule has 1 aromatic carbocycles. The van der Waals surface area contributed by atoms with E-state index in [1.165, 1.54) is 0 Å². The van der Waals surface area contributed by atoms with Crippen molar-refractivity contribution < 1.29 is 9.90 Å². The number of amides is 2. The van der Waals surface area contributed by atoms with E-state index in [4.69, 9.17) is 5.11 Å². The lowest BCUT2D eigenvalue weighted by molar-refractivity contribution is 0.183. The highest BCUT2D eigenvalue weighted by Gasteiger charge is 2.17. The van der Waals surface area contributed by atoms with Gasteiger partial charge in [-0.05, 0) is 37.6 Å². The number of carbonyl (C=O) groups excluding carboxylic acids is 1. The van der Waals surface area contributed by atoms with E-state index < -0.39 is 5.54 Å². The molecule has 3 N–H and O–H groups in total. The second-order valence-electron chi connectivity index (χ2n) is 4.53. The van der Waals surface area contributed by atoms with Crippen molar-refractivity contribution in [3.63, 3.8) is 0 Å². The molecule has 0 fully saturated rings. The average molecular weight is 313 g/mol. The van der Waals surface area contributed by atoms with E-state index in [0.29, 0.717) is 0 Å². The second kappa shape index (κ2) is 6.56. The highest BCUT2D eigenvalue weighted by molar-refractivity contribution is 9.10. The van der Waals surface area contributed by atoms with Crippen LogP contribution in [0.15, 0.2) is 34.9 Å². The molecule has 2 amide bonds. The second-order valence-corrected chi connectivity index (χ2v) is 5.44. The summed E-state index contributed by atoms with van der Waals surface area (Å²) in [6, 6.07) is 7.37. The minimum Gasteiger partial charge on any atom is -0.394 e. The minimum absolute atomic E-state index is 0.115. The third kappa shape index (κ3) is 5.33. The molecule has 98 valence electrons. The van der Waals surface area contributed by atoms with Crippen LogP contribution >= 0.6 is 15.9 Å². The number of rotatable bonds is 4. The van der Waals surface area contributed by atoms with Crippen LogP contribution in [0.5, 0.6) is 0 Å². The molecule has 0 unspecified atom stereocenters. The Balaban J connectivity index is 2.48. The fourth-order valence-electron chi connectivity index (χ4n) is 1.21. The Morgan fingerprint density at radius 2 is 2.22 bits per heavy atom. The van der Waals surface area contributed by atoms with Crippen molar-refractivity contribution in [3.8, 4) is 0 Å². The zero-order valence-corrected chi connectivity index (χ0v) is 12.0. The molecule has 0 spiro atoms. The number of urea groups is 1. The van der Waals surface area contributed by atoms with E-state index in [0.717, 1.165) is 10.0 Å². The number of benzene rings is 1. The zero-order chi connectivity index (χ0) is 13.6. The SMILES string of the molecule is CC(C)(CO)NC(=O)N/C=C/c1cccc(Br)c1. The number of aliphatic hydroxyl groups excluding tert-OH is 1. The summed E-state index contributed by atoms with van der Waals surface area (Å²) in [5, 5.41) is 14.2. The lowest BCUT2D eigenvalue weighted by atomic mass is 10.1. The quantitative estimate of drug-likeness (QED) is 0.800. The van der Waals surface area contributed by atoms with Crippen LogP contribution in [0, 0.1) is 0 Å². The number of nitrogens with one attached hydrogen (secondary N) is 2. The summed E-state index contributed by atoms with van der Waals surface area (Å²) in [5.74, 6) is 0. The maximum atomic E-state index is 11.5. The summed E-state index contributed by atoms with van der Waals surface area (Å²) in [7, 11) is 0. The van der Waals surface area contributed by atoms with Crippen molar-refractivity contribution in [2.45, 2.75) is 19.4 Å². The molecule has 0 saturated carbocycles. The average Bonchev–Trinajstić information content (AvgIpc) is 2.28. The van der Waals surface area contributed by atoms with Crippen LogP contribution < -0.4 is 10.6 Å². The molecule has 0 aromatic heterocycles. The molecule has 0 heterocycles. The first-order valence-electron chi connectivity index (χ1n) is 5.54. The van der Waals surface area contributed by atoms with Gasteiger partial charge in [-0.3, -0.25) is 0 Å². The van der Waals surface area contributed by atoms with Crippen LogP contribution in [0.4, 0.5) is 4.79 Å². The first-order chi connectivity index (χ1) is 8.43. The third-order valence-corrected chi connectivity index (χ3v) is 2.68. The lowest BCUT2D eigenvalue weighted by Gasteiger charge is -2.22. The molecular weight excluding hydrogens is 296 g/mol. The van der Waals surface area contributed by atoms with Gasteiger partial charge in [0.05, 0.1) is 12.1 Å². The van der Waals surface area contributed by atoms with E-state index >= 15 is 0 Å². The number of halogens is 1. The molecule has 0 aliphatic carbocycles. The van der Waals surface area contributed by atoms with Gasteiger partial charge in [-0.1, -0.05) is 28.1 Å². The van der Waals surface area contributed by atoms with Gasteiger partial charge in [0.2, 0.25) is 0 Å². The van der Waals surface area contributed by atoms with Crippen molar-refractivity contribution in [1.82, 2.24) is 10.6 Å². The smallest absolute Gasteiger partial charge is 0.319 e. The minimum atomic E-state index is -0.631. The van der Waals surface area contributed by atoms with Crippen LogP contribution in [0.25, 0.3) is 6.08 Å². The Bertz CT molecular complexity index is 444. The summed E-state index contributed by atoms with van der Waals surface area (Å²) in [4.78, 5) is 11.5. The molecule has 0 aliphatic heterocycles. The Morgan fingerprint density at radius 3 is 2.83 bits per heavy atom. The lowest BCUT2D eigenvalue weighted by Crippen LogP contribution is -2.49. The molecule has 0 atom stereocenters. The summed E-state index contributed by atoms with van der Waals surface area (Å²) >= 11 is 3.37. The van der Waals surface area contributed by atoms with Gasteiger partial charge in [0.15, 0.2) is 0 Å². The molecule has 18 heavy (non-hydrogen) atoms. The van der Waals surface area contributed by atoms with Gasteiger partial charge in [-0.15, -0.1) is 0 Å². The molecule has 0 saturated heterocycles.